The van der Waals surface area contributed by atoms with E-state index in [0.29, 0.717) is 5.75 Å². The van der Waals surface area contributed by atoms with E-state index in [-0.39, 0.29) is 21.5 Å². The van der Waals surface area contributed by atoms with Crippen LogP contribution in [-0.2, 0) is 5.75 Å². The van der Waals surface area contributed by atoms with Crippen molar-refractivity contribution in [3.8, 4) is 5.75 Å². The molecule has 30 heavy (non-hydrogen) atoms. The highest BCUT2D eigenvalue weighted by atomic mass is 35.5. The lowest BCUT2D eigenvalue weighted by atomic mass is 10.0. The van der Waals surface area contributed by atoms with Gasteiger partial charge < -0.3 is 10.8 Å². The fraction of sp³-hybridized carbons (Fsp3) is 0.0476. The van der Waals surface area contributed by atoms with Crippen molar-refractivity contribution in [3.05, 3.63) is 76.3 Å². The summed E-state index contributed by atoms with van der Waals surface area (Å²) in [4.78, 5) is 16.0. The van der Waals surface area contributed by atoms with Crippen molar-refractivity contribution in [1.29, 1.82) is 5.41 Å². The normalized spacial score (nSPS) is 11.4. The van der Waals surface area contributed by atoms with Crippen molar-refractivity contribution < 1.29 is 9.90 Å². The molecule has 0 radical (unpaired) electrons. The standard InChI is InChI=1S/C21H18ClN5O2S/c22-18-9-13(7-8-19(18)28)20(29)27-26-10-14-5-6-15(11-30-21(24)25-12-23)17-4-2-1-3-16(14)17/h1-10,12,28H,11H2,(H,27,29)(H3,23,24,25)/b26-10+. The minimum Gasteiger partial charge on any atom is -0.506 e. The topological polar surface area (TPSA) is 124 Å². The molecule has 7 nitrogen and oxygen atoms in total. The van der Waals surface area contributed by atoms with Gasteiger partial charge in [0, 0.05) is 16.9 Å². The Kier molecular flexibility index (Phi) is 7.05. The number of nitrogens with one attached hydrogen (secondary N) is 2. The summed E-state index contributed by atoms with van der Waals surface area (Å²) in [5.74, 6) is 0.0442. The Balaban J connectivity index is 1.77. The average Bonchev–Trinajstić information content (AvgIpc) is 2.75. The molecule has 0 aromatic heterocycles. The van der Waals surface area contributed by atoms with Crippen molar-refractivity contribution in [2.45, 2.75) is 5.75 Å². The van der Waals surface area contributed by atoms with Gasteiger partial charge in [0.2, 0.25) is 0 Å². The van der Waals surface area contributed by atoms with Crippen molar-refractivity contribution in [2.24, 2.45) is 15.8 Å². The number of amidine groups is 1. The van der Waals surface area contributed by atoms with Gasteiger partial charge in [0.15, 0.2) is 5.17 Å². The molecule has 0 aliphatic heterocycles. The molecule has 0 bridgehead atoms. The SMILES string of the molecule is N=C(/N=C\N)SCc1ccc(/C=N/NC(=O)c2ccc(O)c(Cl)c2)c2ccccc12. The number of halogens is 1. The highest BCUT2D eigenvalue weighted by molar-refractivity contribution is 8.13. The van der Waals surface area contributed by atoms with E-state index in [1.54, 1.807) is 6.21 Å². The first kappa shape index (κ1) is 21.4. The number of nitrogens with zero attached hydrogens (tertiary/aromatic N) is 2. The van der Waals surface area contributed by atoms with Crippen LogP contribution in [0.2, 0.25) is 5.02 Å². The molecular formula is C21H18ClN5O2S. The van der Waals surface area contributed by atoms with Crippen molar-refractivity contribution in [1.82, 2.24) is 5.43 Å². The van der Waals surface area contributed by atoms with Crippen LogP contribution in [0.15, 0.2) is 64.7 Å². The maximum Gasteiger partial charge on any atom is 0.271 e. The molecule has 3 aromatic carbocycles. The second-order valence-electron chi connectivity index (χ2n) is 6.10. The molecule has 0 saturated carbocycles. The molecule has 5 N–H and O–H groups in total. The summed E-state index contributed by atoms with van der Waals surface area (Å²) in [5, 5.41) is 23.4. The zero-order chi connectivity index (χ0) is 21.5. The lowest BCUT2D eigenvalue weighted by molar-refractivity contribution is 0.0955. The first-order valence-electron chi connectivity index (χ1n) is 8.77. The molecule has 3 aromatic rings. The van der Waals surface area contributed by atoms with Gasteiger partial charge in [0.05, 0.1) is 17.6 Å². The van der Waals surface area contributed by atoms with Crippen LogP contribution in [0.5, 0.6) is 5.75 Å². The molecule has 0 aliphatic rings. The van der Waals surface area contributed by atoms with E-state index in [9.17, 15) is 9.90 Å². The maximum absolute atomic E-state index is 12.2. The quantitative estimate of drug-likeness (QED) is 0.271. The third-order valence-electron chi connectivity index (χ3n) is 4.18. The highest BCUT2D eigenvalue weighted by Gasteiger charge is 2.08. The first-order chi connectivity index (χ1) is 14.5. The van der Waals surface area contributed by atoms with Crippen molar-refractivity contribution in [3.63, 3.8) is 0 Å². The van der Waals surface area contributed by atoms with Gasteiger partial charge in [-0.2, -0.15) is 5.10 Å². The molecule has 152 valence electrons. The zero-order valence-electron chi connectivity index (χ0n) is 15.7. The maximum atomic E-state index is 12.2. The number of nitrogens with two attached hydrogens (primary N) is 1. The number of benzene rings is 3. The van der Waals surface area contributed by atoms with Crippen LogP contribution in [0.1, 0.15) is 21.5 Å². The lowest BCUT2D eigenvalue weighted by Gasteiger charge is -2.08. The van der Waals surface area contributed by atoms with Gasteiger partial charge in [-0.05, 0) is 34.5 Å². The molecule has 3 rings (SSSR count). The molecule has 0 heterocycles. The summed E-state index contributed by atoms with van der Waals surface area (Å²) in [5.41, 5.74) is 9.84. The Morgan fingerprint density at radius 3 is 2.70 bits per heavy atom. The smallest absolute Gasteiger partial charge is 0.271 e. The van der Waals surface area contributed by atoms with Gasteiger partial charge >= 0.3 is 0 Å². The molecule has 0 saturated heterocycles. The van der Waals surface area contributed by atoms with Crippen LogP contribution >= 0.6 is 23.4 Å². The lowest BCUT2D eigenvalue weighted by Crippen LogP contribution is -2.17. The van der Waals surface area contributed by atoms with Crippen LogP contribution in [0.25, 0.3) is 10.8 Å². The van der Waals surface area contributed by atoms with Gasteiger partial charge in [0.25, 0.3) is 5.91 Å². The molecule has 0 fully saturated rings. The monoisotopic (exact) mass is 439 g/mol. The number of hydrazone groups is 1. The highest BCUT2D eigenvalue weighted by Crippen LogP contribution is 2.26. The number of amides is 1. The third-order valence-corrected chi connectivity index (χ3v) is 5.32. The third kappa shape index (κ3) is 5.16. The van der Waals surface area contributed by atoms with Crippen LogP contribution in [0.4, 0.5) is 0 Å². The predicted octanol–water partition coefficient (Wildman–Crippen LogP) is 4.12. The number of rotatable bonds is 5. The summed E-state index contributed by atoms with van der Waals surface area (Å²) < 4.78 is 0. The molecule has 0 spiro atoms. The summed E-state index contributed by atoms with van der Waals surface area (Å²) in [6, 6.07) is 15.9. The van der Waals surface area contributed by atoms with Gasteiger partial charge in [0.1, 0.15) is 5.75 Å². The zero-order valence-corrected chi connectivity index (χ0v) is 17.2. The molecule has 0 aliphatic carbocycles. The van der Waals surface area contributed by atoms with Crippen LogP contribution in [-0.4, -0.2) is 28.7 Å². The van der Waals surface area contributed by atoms with Crippen LogP contribution in [0.3, 0.4) is 0 Å². The fourth-order valence-corrected chi connectivity index (χ4v) is 3.61. The Bertz CT molecular complexity index is 1160. The Morgan fingerprint density at radius 1 is 1.20 bits per heavy atom. The molecule has 0 unspecified atom stereocenters. The number of carbonyl (C=O) groups is 1. The Labute approximate surface area is 182 Å². The number of phenolic OH excluding ortho intramolecular Hbond substituents is 1. The van der Waals surface area contributed by atoms with E-state index in [1.165, 1.54) is 30.0 Å². The largest absolute Gasteiger partial charge is 0.506 e. The summed E-state index contributed by atoms with van der Waals surface area (Å²) in [7, 11) is 0. The average molecular weight is 440 g/mol. The minimum atomic E-state index is -0.440. The van der Waals surface area contributed by atoms with E-state index >= 15 is 0 Å². The number of hydrogen-bond acceptors (Lipinski definition) is 5. The van der Waals surface area contributed by atoms with Gasteiger partial charge in [-0.25, -0.2) is 10.4 Å². The van der Waals surface area contributed by atoms with E-state index < -0.39 is 5.91 Å². The summed E-state index contributed by atoms with van der Waals surface area (Å²) >= 11 is 7.12. The van der Waals surface area contributed by atoms with Crippen molar-refractivity contribution in [2.75, 3.05) is 0 Å². The number of aliphatic imine (C=N–C) groups is 1. The first-order valence-corrected chi connectivity index (χ1v) is 10.1. The number of fused-ring (bicyclic) bond motifs is 1. The van der Waals surface area contributed by atoms with Gasteiger partial charge in [-0.3, -0.25) is 10.2 Å². The van der Waals surface area contributed by atoms with E-state index in [4.69, 9.17) is 22.7 Å². The molecule has 0 atom stereocenters. The Hall–Kier alpha value is -3.36. The second kappa shape index (κ2) is 9.91. The van der Waals surface area contributed by atoms with Gasteiger partial charge in [-0.1, -0.05) is 59.8 Å². The minimum absolute atomic E-state index is 0.0913. The number of aromatic hydroxyl groups is 1. The van der Waals surface area contributed by atoms with E-state index in [0.717, 1.165) is 28.2 Å². The second-order valence-corrected chi connectivity index (χ2v) is 7.47. The number of hydrogen-bond donors (Lipinski definition) is 4. The fourth-order valence-electron chi connectivity index (χ4n) is 2.75. The van der Waals surface area contributed by atoms with Crippen molar-refractivity contribution >= 4 is 57.8 Å². The molecular weight excluding hydrogens is 422 g/mol. The van der Waals surface area contributed by atoms with Crippen LogP contribution in [0, 0.1) is 5.41 Å². The number of phenols is 1. The molecule has 1 amide bonds. The number of carbonyl (C=O) groups excluding carboxylic acids is 1. The number of thioether (sulfide) groups is 1. The van der Waals surface area contributed by atoms with Crippen LogP contribution < -0.4 is 11.2 Å². The Morgan fingerprint density at radius 2 is 1.97 bits per heavy atom. The van der Waals surface area contributed by atoms with E-state index in [1.807, 2.05) is 36.4 Å². The summed E-state index contributed by atoms with van der Waals surface area (Å²) in [6.45, 7) is 0. The molecule has 9 heteroatoms. The van der Waals surface area contributed by atoms with Gasteiger partial charge in [-0.15, -0.1) is 0 Å². The van der Waals surface area contributed by atoms with E-state index in [2.05, 4.69) is 15.5 Å². The summed E-state index contributed by atoms with van der Waals surface area (Å²) in [6.07, 6.45) is 2.67. The predicted molar refractivity (Wildman–Crippen MR) is 124 cm³/mol.